The summed E-state index contributed by atoms with van der Waals surface area (Å²) in [5.41, 5.74) is 6.03. The third kappa shape index (κ3) is 2.46. The summed E-state index contributed by atoms with van der Waals surface area (Å²) in [4.78, 5) is 0. The predicted molar refractivity (Wildman–Crippen MR) is 56.5 cm³/mol. The summed E-state index contributed by atoms with van der Waals surface area (Å²) < 4.78 is 0. The van der Waals surface area contributed by atoms with E-state index in [1.54, 1.807) is 0 Å². The van der Waals surface area contributed by atoms with Gasteiger partial charge in [-0.3, -0.25) is 0 Å². The summed E-state index contributed by atoms with van der Waals surface area (Å²) in [6.45, 7) is 0. The monoisotopic (exact) mass is 181 g/mol. The molecule has 2 N–H and O–H groups in total. The molecule has 0 heterocycles. The highest BCUT2D eigenvalue weighted by Gasteiger charge is 2.27. The number of rotatable bonds is 1. The summed E-state index contributed by atoms with van der Waals surface area (Å²) in [7, 11) is 0. The quantitative estimate of drug-likeness (QED) is 0.661. The lowest BCUT2D eigenvalue weighted by molar-refractivity contribution is 0.184. The van der Waals surface area contributed by atoms with Crippen LogP contribution in [0.25, 0.3) is 0 Å². The molecule has 76 valence electrons. The summed E-state index contributed by atoms with van der Waals surface area (Å²) in [5.74, 6) is 2.03. The summed E-state index contributed by atoms with van der Waals surface area (Å²) in [5, 5.41) is 0. The average Bonchev–Trinajstić information content (AvgIpc) is 2.19. The lowest BCUT2D eigenvalue weighted by Gasteiger charge is -2.35. The largest absolute Gasteiger partial charge is 0.328 e. The molecule has 2 aliphatic rings. The van der Waals surface area contributed by atoms with Gasteiger partial charge in [-0.2, -0.15) is 0 Å². The molecule has 1 nitrogen and oxygen atoms in total. The highest BCUT2D eigenvalue weighted by molar-refractivity contribution is 4.81. The number of hydrogen-bond donors (Lipinski definition) is 1. The van der Waals surface area contributed by atoms with E-state index < -0.39 is 0 Å². The van der Waals surface area contributed by atoms with Crippen LogP contribution in [-0.4, -0.2) is 6.04 Å². The maximum absolute atomic E-state index is 6.03. The fraction of sp³-hybridized carbons (Fsp3) is 1.00. The van der Waals surface area contributed by atoms with Crippen molar-refractivity contribution < 1.29 is 0 Å². The van der Waals surface area contributed by atoms with Gasteiger partial charge < -0.3 is 5.73 Å². The molecule has 1 heteroatoms. The van der Waals surface area contributed by atoms with Crippen molar-refractivity contribution in [1.82, 2.24) is 0 Å². The zero-order valence-corrected chi connectivity index (χ0v) is 8.67. The van der Waals surface area contributed by atoms with Crippen LogP contribution in [0.4, 0.5) is 0 Å². The van der Waals surface area contributed by atoms with E-state index in [9.17, 15) is 0 Å². The van der Waals surface area contributed by atoms with Crippen molar-refractivity contribution in [1.29, 1.82) is 0 Å². The minimum atomic E-state index is 0.528. The zero-order chi connectivity index (χ0) is 9.10. The zero-order valence-electron chi connectivity index (χ0n) is 8.67. The molecule has 0 amide bonds. The second kappa shape index (κ2) is 4.45. The third-order valence-electron chi connectivity index (χ3n) is 4.07. The van der Waals surface area contributed by atoms with Crippen LogP contribution in [-0.2, 0) is 0 Å². The Morgan fingerprint density at radius 1 is 0.692 bits per heavy atom. The van der Waals surface area contributed by atoms with Gasteiger partial charge in [0.1, 0.15) is 0 Å². The number of hydrogen-bond acceptors (Lipinski definition) is 1. The van der Waals surface area contributed by atoms with Gasteiger partial charge in [0.2, 0.25) is 0 Å². The van der Waals surface area contributed by atoms with Gasteiger partial charge >= 0.3 is 0 Å². The van der Waals surface area contributed by atoms with Gasteiger partial charge in [0.05, 0.1) is 0 Å². The topological polar surface area (TPSA) is 26.0 Å². The molecular formula is C12H23N. The van der Waals surface area contributed by atoms with Crippen molar-refractivity contribution in [3.8, 4) is 0 Å². The predicted octanol–water partition coefficient (Wildman–Crippen LogP) is 3.08. The molecule has 2 fully saturated rings. The Kier molecular flexibility index (Phi) is 3.26. The van der Waals surface area contributed by atoms with Crippen LogP contribution in [0, 0.1) is 11.8 Å². The van der Waals surface area contributed by atoms with Crippen molar-refractivity contribution >= 4 is 0 Å². The molecule has 2 atom stereocenters. The molecule has 0 aromatic heterocycles. The first-order valence-electron chi connectivity index (χ1n) is 6.12. The van der Waals surface area contributed by atoms with Crippen LogP contribution < -0.4 is 5.73 Å². The van der Waals surface area contributed by atoms with Gasteiger partial charge in [0.15, 0.2) is 0 Å². The van der Waals surface area contributed by atoms with Gasteiger partial charge in [0.25, 0.3) is 0 Å². The van der Waals surface area contributed by atoms with E-state index in [0.717, 1.165) is 11.8 Å². The van der Waals surface area contributed by atoms with E-state index in [0.29, 0.717) is 6.04 Å². The first kappa shape index (κ1) is 9.51. The van der Waals surface area contributed by atoms with Crippen LogP contribution in [0.15, 0.2) is 0 Å². The molecule has 0 aromatic carbocycles. The minimum Gasteiger partial charge on any atom is -0.328 e. The maximum Gasteiger partial charge on any atom is 0.00415 e. The highest BCUT2D eigenvalue weighted by atomic mass is 14.6. The Hall–Kier alpha value is -0.0400. The Morgan fingerprint density at radius 3 is 2.08 bits per heavy atom. The van der Waals surface area contributed by atoms with Crippen LogP contribution in [0.2, 0.25) is 0 Å². The molecule has 2 rings (SSSR count). The van der Waals surface area contributed by atoms with Crippen molar-refractivity contribution in [3.05, 3.63) is 0 Å². The lowest BCUT2D eigenvalue weighted by Crippen LogP contribution is -2.32. The van der Waals surface area contributed by atoms with E-state index >= 15 is 0 Å². The standard InChI is InChI=1S/C12H23N/c13-12-8-4-7-11(9-12)10-5-2-1-3-6-10/h10-12H,1-9,13H2. The molecule has 0 saturated heterocycles. The minimum absolute atomic E-state index is 0.528. The molecule has 2 aliphatic carbocycles. The first-order chi connectivity index (χ1) is 6.36. The van der Waals surface area contributed by atoms with E-state index in [1.807, 2.05) is 0 Å². The maximum atomic E-state index is 6.03. The van der Waals surface area contributed by atoms with E-state index in [1.165, 1.54) is 57.8 Å². The average molecular weight is 181 g/mol. The smallest absolute Gasteiger partial charge is 0.00415 e. The normalized spacial score (nSPS) is 37.6. The Morgan fingerprint density at radius 2 is 1.38 bits per heavy atom. The molecule has 0 radical (unpaired) electrons. The Labute approximate surface area is 82.1 Å². The molecule has 2 saturated carbocycles. The van der Waals surface area contributed by atoms with Crippen molar-refractivity contribution in [3.63, 3.8) is 0 Å². The fourth-order valence-electron chi connectivity index (χ4n) is 3.30. The van der Waals surface area contributed by atoms with Crippen LogP contribution in [0.1, 0.15) is 57.8 Å². The van der Waals surface area contributed by atoms with Gasteiger partial charge in [-0.05, 0) is 24.7 Å². The van der Waals surface area contributed by atoms with Crippen LogP contribution in [0.3, 0.4) is 0 Å². The van der Waals surface area contributed by atoms with Crippen LogP contribution >= 0.6 is 0 Å². The van der Waals surface area contributed by atoms with Crippen molar-refractivity contribution in [2.45, 2.75) is 63.8 Å². The van der Waals surface area contributed by atoms with Crippen molar-refractivity contribution in [2.24, 2.45) is 17.6 Å². The Balaban J connectivity index is 1.83. The van der Waals surface area contributed by atoms with E-state index in [4.69, 9.17) is 5.73 Å². The fourth-order valence-corrected chi connectivity index (χ4v) is 3.30. The number of nitrogens with two attached hydrogens (primary N) is 1. The summed E-state index contributed by atoms with van der Waals surface area (Å²) in [6, 6.07) is 0.528. The second-order valence-corrected chi connectivity index (χ2v) is 5.08. The second-order valence-electron chi connectivity index (χ2n) is 5.08. The molecule has 0 spiro atoms. The van der Waals surface area contributed by atoms with Crippen LogP contribution in [0.5, 0.6) is 0 Å². The molecule has 0 aromatic rings. The SMILES string of the molecule is NC1CCCC(C2CCCCC2)C1. The molecule has 0 aliphatic heterocycles. The van der Waals surface area contributed by atoms with Gasteiger partial charge in [-0.1, -0.05) is 44.9 Å². The van der Waals surface area contributed by atoms with Gasteiger partial charge in [-0.15, -0.1) is 0 Å². The molecular weight excluding hydrogens is 158 g/mol. The van der Waals surface area contributed by atoms with Crippen molar-refractivity contribution in [2.75, 3.05) is 0 Å². The summed E-state index contributed by atoms with van der Waals surface area (Å²) in [6.07, 6.45) is 12.9. The van der Waals surface area contributed by atoms with Gasteiger partial charge in [0, 0.05) is 6.04 Å². The third-order valence-corrected chi connectivity index (χ3v) is 4.07. The molecule has 2 unspecified atom stereocenters. The Bertz CT molecular complexity index is 149. The van der Waals surface area contributed by atoms with Gasteiger partial charge in [-0.25, -0.2) is 0 Å². The summed E-state index contributed by atoms with van der Waals surface area (Å²) >= 11 is 0. The highest BCUT2D eigenvalue weighted by Crippen LogP contribution is 2.37. The first-order valence-corrected chi connectivity index (χ1v) is 6.12. The van der Waals surface area contributed by atoms with E-state index in [-0.39, 0.29) is 0 Å². The molecule has 13 heavy (non-hydrogen) atoms. The lowest BCUT2D eigenvalue weighted by atomic mass is 9.72. The molecule has 0 bridgehead atoms. The van der Waals surface area contributed by atoms with E-state index in [2.05, 4.69) is 0 Å².